The monoisotopic (exact) mass is 234 g/mol. The minimum absolute atomic E-state index is 0.0261. The van der Waals surface area contributed by atoms with E-state index in [1.54, 1.807) is 4.68 Å². The molecule has 1 atom stereocenters. The molecule has 0 fully saturated rings. The molecule has 1 unspecified atom stereocenters. The van der Waals surface area contributed by atoms with Crippen molar-refractivity contribution in [1.29, 1.82) is 0 Å². The normalized spacial score (nSPS) is 11.9. The zero-order chi connectivity index (χ0) is 13.0. The van der Waals surface area contributed by atoms with Crippen LogP contribution in [0.15, 0.2) is 0 Å². The number of carbonyl (C=O) groups is 1. The second-order valence-corrected chi connectivity index (χ2v) is 4.12. The summed E-state index contributed by atoms with van der Waals surface area (Å²) in [6.45, 7) is 5.69. The van der Waals surface area contributed by atoms with Gasteiger partial charge >= 0.3 is 0 Å². The molecule has 5 nitrogen and oxygen atoms in total. The van der Waals surface area contributed by atoms with Crippen molar-refractivity contribution in [3.63, 3.8) is 0 Å². The highest BCUT2D eigenvalue weighted by molar-refractivity contribution is 5.76. The minimum Gasteiger partial charge on any atom is -0.396 e. The third-order valence-electron chi connectivity index (χ3n) is 2.56. The maximum absolute atomic E-state index is 11.7. The number of hydrogen-bond acceptors (Lipinski definition) is 3. The summed E-state index contributed by atoms with van der Waals surface area (Å²) in [6, 6.07) is -0.0261. The lowest BCUT2D eigenvalue weighted by Gasteiger charge is -2.11. The van der Waals surface area contributed by atoms with E-state index in [9.17, 15) is 4.79 Å². The molecule has 92 valence electrons. The summed E-state index contributed by atoms with van der Waals surface area (Å²) in [5, 5.41) is 7.00. The van der Waals surface area contributed by atoms with E-state index in [4.69, 9.17) is 12.2 Å². The molecule has 1 rings (SSSR count). The number of terminal acetylenes is 1. The van der Waals surface area contributed by atoms with Gasteiger partial charge in [-0.3, -0.25) is 9.48 Å². The van der Waals surface area contributed by atoms with Crippen LogP contribution in [0.25, 0.3) is 0 Å². The van der Waals surface area contributed by atoms with Gasteiger partial charge in [-0.25, -0.2) is 0 Å². The molecule has 5 heteroatoms. The van der Waals surface area contributed by atoms with Gasteiger partial charge in [0.25, 0.3) is 0 Å². The Morgan fingerprint density at radius 2 is 2.29 bits per heavy atom. The Bertz CT molecular complexity index is 456. The molecule has 1 amide bonds. The van der Waals surface area contributed by atoms with Crippen molar-refractivity contribution in [3.8, 4) is 12.3 Å². The van der Waals surface area contributed by atoms with Crippen LogP contribution in [0.5, 0.6) is 0 Å². The second kappa shape index (κ2) is 5.39. The predicted molar refractivity (Wildman–Crippen MR) is 67.2 cm³/mol. The quantitative estimate of drug-likeness (QED) is 0.750. The Hall–Kier alpha value is -1.96. The highest BCUT2D eigenvalue weighted by atomic mass is 16.2. The average molecular weight is 234 g/mol. The molecule has 3 N–H and O–H groups in total. The average Bonchev–Trinajstić information content (AvgIpc) is 2.46. The minimum atomic E-state index is -0.113. The summed E-state index contributed by atoms with van der Waals surface area (Å²) in [4.78, 5) is 11.7. The summed E-state index contributed by atoms with van der Waals surface area (Å²) in [5.74, 6) is 2.39. The van der Waals surface area contributed by atoms with Gasteiger partial charge in [0.15, 0.2) is 0 Å². The first-order valence-electron chi connectivity index (χ1n) is 5.48. The van der Waals surface area contributed by atoms with Crippen LogP contribution >= 0.6 is 0 Å². The summed E-state index contributed by atoms with van der Waals surface area (Å²) >= 11 is 0. The first-order valence-corrected chi connectivity index (χ1v) is 5.48. The summed E-state index contributed by atoms with van der Waals surface area (Å²) < 4.78 is 1.60. The van der Waals surface area contributed by atoms with Crippen molar-refractivity contribution in [2.45, 2.75) is 39.8 Å². The number of nitrogens with zero attached hydrogens (tertiary/aromatic N) is 2. The van der Waals surface area contributed by atoms with Gasteiger partial charge in [-0.05, 0) is 20.8 Å². The van der Waals surface area contributed by atoms with Crippen molar-refractivity contribution >= 4 is 11.6 Å². The van der Waals surface area contributed by atoms with E-state index in [1.807, 2.05) is 20.8 Å². The van der Waals surface area contributed by atoms with Crippen LogP contribution in [-0.2, 0) is 11.3 Å². The first-order chi connectivity index (χ1) is 7.95. The summed E-state index contributed by atoms with van der Waals surface area (Å²) in [5.41, 5.74) is 7.97. The Morgan fingerprint density at radius 1 is 1.65 bits per heavy atom. The molecular weight excluding hydrogens is 216 g/mol. The fraction of sp³-hybridized carbons (Fsp3) is 0.500. The fourth-order valence-electron chi connectivity index (χ4n) is 1.55. The van der Waals surface area contributed by atoms with Gasteiger partial charge < -0.3 is 11.1 Å². The molecule has 0 aromatic carbocycles. The predicted octanol–water partition coefficient (Wildman–Crippen LogP) is 0.610. The second-order valence-electron chi connectivity index (χ2n) is 4.12. The maximum Gasteiger partial charge on any atom is 0.241 e. The van der Waals surface area contributed by atoms with E-state index in [2.05, 4.69) is 16.3 Å². The number of rotatable bonds is 4. The Labute approximate surface area is 101 Å². The van der Waals surface area contributed by atoms with E-state index in [0.717, 1.165) is 11.4 Å². The van der Waals surface area contributed by atoms with Crippen LogP contribution in [0.4, 0.5) is 5.69 Å². The molecule has 1 aromatic heterocycles. The topological polar surface area (TPSA) is 72.9 Å². The van der Waals surface area contributed by atoms with Gasteiger partial charge in [0, 0.05) is 12.5 Å². The number of nitrogens with one attached hydrogen (secondary N) is 1. The van der Waals surface area contributed by atoms with Crippen LogP contribution in [-0.4, -0.2) is 21.7 Å². The molecule has 17 heavy (non-hydrogen) atoms. The molecule has 0 aliphatic rings. The molecule has 0 radical (unpaired) electrons. The lowest BCUT2D eigenvalue weighted by Crippen LogP contribution is -2.35. The van der Waals surface area contributed by atoms with Crippen LogP contribution in [0.2, 0.25) is 0 Å². The van der Waals surface area contributed by atoms with E-state index in [1.165, 1.54) is 0 Å². The van der Waals surface area contributed by atoms with E-state index >= 15 is 0 Å². The van der Waals surface area contributed by atoms with Gasteiger partial charge in [0.1, 0.15) is 6.54 Å². The number of aromatic nitrogens is 2. The fourth-order valence-corrected chi connectivity index (χ4v) is 1.55. The zero-order valence-corrected chi connectivity index (χ0v) is 10.4. The lowest BCUT2D eigenvalue weighted by molar-refractivity contribution is -0.122. The third kappa shape index (κ3) is 3.25. The van der Waals surface area contributed by atoms with Gasteiger partial charge in [0.05, 0.1) is 17.1 Å². The van der Waals surface area contributed by atoms with Gasteiger partial charge in [-0.2, -0.15) is 5.10 Å². The highest BCUT2D eigenvalue weighted by Gasteiger charge is 2.12. The van der Waals surface area contributed by atoms with E-state index in [-0.39, 0.29) is 18.5 Å². The number of carbonyl (C=O) groups excluding carboxylic acids is 1. The standard InChI is InChI=1S/C12H18N4O/c1-5-6-8(2)14-11(17)7-16-10(4)12(13)9(3)15-16/h1,8H,6-7,13H2,2-4H3,(H,14,17). The molecule has 0 aliphatic carbocycles. The van der Waals surface area contributed by atoms with Crippen molar-refractivity contribution in [2.24, 2.45) is 0 Å². The Morgan fingerprint density at radius 3 is 2.76 bits per heavy atom. The molecule has 1 heterocycles. The van der Waals surface area contributed by atoms with Gasteiger partial charge in [0.2, 0.25) is 5.91 Å². The smallest absolute Gasteiger partial charge is 0.241 e. The van der Waals surface area contributed by atoms with Crippen molar-refractivity contribution in [3.05, 3.63) is 11.4 Å². The first kappa shape index (κ1) is 13.1. The molecule has 0 spiro atoms. The molecule has 0 aliphatic heterocycles. The van der Waals surface area contributed by atoms with Gasteiger partial charge in [-0.1, -0.05) is 0 Å². The molecule has 0 saturated carbocycles. The lowest BCUT2D eigenvalue weighted by atomic mass is 10.2. The van der Waals surface area contributed by atoms with Crippen LogP contribution in [0.1, 0.15) is 24.7 Å². The Balaban J connectivity index is 2.63. The summed E-state index contributed by atoms with van der Waals surface area (Å²) in [7, 11) is 0. The molecule has 0 bridgehead atoms. The Kier molecular flexibility index (Phi) is 4.16. The molecule has 1 aromatic rings. The molecular formula is C12H18N4O. The van der Waals surface area contributed by atoms with Crippen LogP contribution in [0, 0.1) is 26.2 Å². The van der Waals surface area contributed by atoms with Crippen molar-refractivity contribution < 1.29 is 4.79 Å². The summed E-state index contributed by atoms with van der Waals surface area (Å²) in [6.07, 6.45) is 5.69. The molecule has 0 saturated heterocycles. The van der Waals surface area contributed by atoms with Crippen LogP contribution < -0.4 is 11.1 Å². The number of nitrogens with two attached hydrogens (primary N) is 1. The largest absolute Gasteiger partial charge is 0.396 e. The van der Waals surface area contributed by atoms with Crippen molar-refractivity contribution in [1.82, 2.24) is 15.1 Å². The zero-order valence-electron chi connectivity index (χ0n) is 10.4. The van der Waals surface area contributed by atoms with Crippen molar-refractivity contribution in [2.75, 3.05) is 5.73 Å². The number of nitrogen functional groups attached to an aromatic ring is 1. The number of amides is 1. The number of hydrogen-bond donors (Lipinski definition) is 2. The van der Waals surface area contributed by atoms with E-state index in [0.29, 0.717) is 12.1 Å². The van der Waals surface area contributed by atoms with E-state index < -0.39 is 0 Å². The number of anilines is 1. The third-order valence-corrected chi connectivity index (χ3v) is 2.56. The highest BCUT2D eigenvalue weighted by Crippen LogP contribution is 2.14. The SMILES string of the molecule is C#CCC(C)NC(=O)Cn1nc(C)c(N)c1C. The number of aryl methyl sites for hydroxylation is 1. The van der Waals surface area contributed by atoms with Crippen LogP contribution in [0.3, 0.4) is 0 Å². The van der Waals surface area contributed by atoms with Gasteiger partial charge in [-0.15, -0.1) is 12.3 Å². The maximum atomic E-state index is 11.7.